The maximum Gasteiger partial charge on any atom is 0.345 e. The van der Waals surface area contributed by atoms with Crippen LogP contribution in [0.15, 0.2) is 20.2 Å². The van der Waals surface area contributed by atoms with Gasteiger partial charge in [-0.25, -0.2) is 9.48 Å². The Morgan fingerprint density at radius 1 is 1.44 bits per heavy atom. The molecule has 3 rings (SSSR count). The van der Waals surface area contributed by atoms with Crippen molar-refractivity contribution in [2.24, 2.45) is 7.05 Å². The average Bonchev–Trinajstić information content (AvgIpc) is 3.16. The number of carbonyl (C=O) groups excluding carboxylic acids is 1. The van der Waals surface area contributed by atoms with Crippen LogP contribution in [0, 0.1) is 0 Å². The van der Waals surface area contributed by atoms with Crippen LogP contribution < -0.4 is 11.2 Å². The second-order valence-corrected chi connectivity index (χ2v) is 6.37. The van der Waals surface area contributed by atoms with Crippen LogP contribution in [0.3, 0.4) is 0 Å². The molecule has 1 saturated heterocycles. The molecule has 25 heavy (non-hydrogen) atoms. The monoisotopic (exact) mass is 349 g/mol. The summed E-state index contributed by atoms with van der Waals surface area (Å²) in [5.41, 5.74) is -0.420. The van der Waals surface area contributed by atoms with Gasteiger partial charge < -0.3 is 9.42 Å². The first-order valence-corrected chi connectivity index (χ1v) is 8.58. The minimum atomic E-state index is -0.298. The van der Waals surface area contributed by atoms with Crippen molar-refractivity contribution in [1.29, 1.82) is 0 Å². The van der Waals surface area contributed by atoms with E-state index < -0.39 is 0 Å². The first kappa shape index (κ1) is 17.2. The smallest absolute Gasteiger partial charge is 0.345 e. The average molecular weight is 349 g/mol. The summed E-state index contributed by atoms with van der Waals surface area (Å²) in [7, 11) is 1.65. The molecule has 9 nitrogen and oxygen atoms in total. The third kappa shape index (κ3) is 3.59. The summed E-state index contributed by atoms with van der Waals surface area (Å²) in [4.78, 5) is 37.4. The van der Waals surface area contributed by atoms with Crippen molar-refractivity contribution in [3.05, 3.63) is 38.5 Å². The van der Waals surface area contributed by atoms with E-state index in [0.29, 0.717) is 31.8 Å². The molecule has 9 heteroatoms. The summed E-state index contributed by atoms with van der Waals surface area (Å²) in [5, 5.41) is 6.59. The lowest BCUT2D eigenvalue weighted by atomic mass is 9.96. The van der Waals surface area contributed by atoms with Gasteiger partial charge in [-0.2, -0.15) is 10.3 Å². The lowest BCUT2D eigenvalue weighted by Crippen LogP contribution is -2.40. The first-order chi connectivity index (χ1) is 12.0. The van der Waals surface area contributed by atoms with E-state index in [1.165, 1.54) is 10.7 Å². The van der Waals surface area contributed by atoms with Crippen molar-refractivity contribution in [3.63, 3.8) is 0 Å². The van der Waals surface area contributed by atoms with Crippen LogP contribution in [0.4, 0.5) is 0 Å². The molecule has 0 saturated carbocycles. The molecular weight excluding hydrogens is 326 g/mol. The Bertz CT molecular complexity index is 858. The van der Waals surface area contributed by atoms with Crippen LogP contribution in [-0.4, -0.2) is 43.4 Å². The van der Waals surface area contributed by atoms with E-state index in [9.17, 15) is 14.4 Å². The molecule has 1 amide bonds. The second-order valence-electron chi connectivity index (χ2n) is 6.37. The van der Waals surface area contributed by atoms with Gasteiger partial charge in [-0.15, -0.1) is 0 Å². The minimum absolute atomic E-state index is 0.0230. The SMILES string of the molecule is CCn1c(C2CCCN(C(=O)CCc3cc(=O)[nH]o3)C2)nn(C)c1=O. The van der Waals surface area contributed by atoms with E-state index in [0.717, 1.165) is 18.7 Å². The largest absolute Gasteiger partial charge is 0.384 e. The summed E-state index contributed by atoms with van der Waals surface area (Å²) in [5.74, 6) is 1.33. The number of piperidine rings is 1. The molecule has 1 fully saturated rings. The molecule has 2 aromatic heterocycles. The Balaban J connectivity index is 1.66. The van der Waals surface area contributed by atoms with Gasteiger partial charge in [0.25, 0.3) is 5.56 Å². The maximum absolute atomic E-state index is 12.5. The summed E-state index contributed by atoms with van der Waals surface area (Å²) in [6, 6.07) is 1.36. The van der Waals surface area contributed by atoms with E-state index in [2.05, 4.69) is 10.3 Å². The zero-order chi connectivity index (χ0) is 18.0. The molecule has 1 aliphatic heterocycles. The van der Waals surface area contributed by atoms with Gasteiger partial charge in [0.05, 0.1) is 0 Å². The summed E-state index contributed by atoms with van der Waals surface area (Å²) in [6.07, 6.45) is 2.47. The quantitative estimate of drug-likeness (QED) is 0.831. The van der Waals surface area contributed by atoms with E-state index in [1.54, 1.807) is 11.6 Å². The molecule has 1 N–H and O–H groups in total. The van der Waals surface area contributed by atoms with Gasteiger partial charge >= 0.3 is 5.69 Å². The predicted octanol–water partition coefficient (Wildman–Crippen LogP) is 0.222. The van der Waals surface area contributed by atoms with Crippen molar-refractivity contribution >= 4 is 5.91 Å². The highest BCUT2D eigenvalue weighted by Gasteiger charge is 2.28. The second kappa shape index (κ2) is 7.12. The summed E-state index contributed by atoms with van der Waals surface area (Å²) < 4.78 is 8.01. The van der Waals surface area contributed by atoms with Crippen molar-refractivity contribution in [2.75, 3.05) is 13.1 Å². The normalized spacial score (nSPS) is 17.8. The number of aromatic nitrogens is 4. The zero-order valence-corrected chi connectivity index (χ0v) is 14.5. The van der Waals surface area contributed by atoms with Crippen LogP contribution in [0.2, 0.25) is 0 Å². The number of amides is 1. The number of hydrogen-bond donors (Lipinski definition) is 1. The highest BCUT2D eigenvalue weighted by molar-refractivity contribution is 5.76. The van der Waals surface area contributed by atoms with Crippen LogP contribution in [0.5, 0.6) is 0 Å². The van der Waals surface area contributed by atoms with Crippen LogP contribution in [0.25, 0.3) is 0 Å². The van der Waals surface area contributed by atoms with Crippen molar-refractivity contribution in [3.8, 4) is 0 Å². The van der Waals surface area contributed by atoms with Crippen molar-refractivity contribution in [2.45, 2.75) is 45.1 Å². The molecule has 1 unspecified atom stereocenters. The van der Waals surface area contributed by atoms with Gasteiger partial charge in [0.2, 0.25) is 5.91 Å². The van der Waals surface area contributed by atoms with Crippen molar-refractivity contribution < 1.29 is 9.32 Å². The molecular formula is C16H23N5O4. The molecule has 1 atom stereocenters. The topological polar surface area (TPSA) is 106 Å². The highest BCUT2D eigenvalue weighted by atomic mass is 16.5. The van der Waals surface area contributed by atoms with E-state index >= 15 is 0 Å². The fourth-order valence-electron chi connectivity index (χ4n) is 3.37. The summed E-state index contributed by atoms with van der Waals surface area (Å²) >= 11 is 0. The van der Waals surface area contributed by atoms with E-state index in [-0.39, 0.29) is 29.5 Å². The van der Waals surface area contributed by atoms with Crippen LogP contribution in [-0.2, 0) is 24.8 Å². The Hall–Kier alpha value is -2.58. The number of aromatic amines is 1. The fraction of sp³-hybridized carbons (Fsp3) is 0.625. The van der Waals surface area contributed by atoms with Gasteiger partial charge in [0.15, 0.2) is 0 Å². The third-order valence-corrected chi connectivity index (χ3v) is 4.65. The lowest BCUT2D eigenvalue weighted by molar-refractivity contribution is -0.132. The highest BCUT2D eigenvalue weighted by Crippen LogP contribution is 2.25. The fourth-order valence-corrected chi connectivity index (χ4v) is 3.37. The Morgan fingerprint density at radius 2 is 2.24 bits per heavy atom. The standard InChI is InChI=1S/C16H23N5O4/c1-3-21-15(17-19(2)16(21)24)11-5-4-8-20(10-11)14(23)7-6-12-9-13(22)18-25-12/h9,11H,3-8,10H2,1-2H3,(H,18,22). The number of likely N-dealkylation sites (tertiary alicyclic amines) is 1. The first-order valence-electron chi connectivity index (χ1n) is 8.58. The van der Waals surface area contributed by atoms with Crippen LogP contribution >= 0.6 is 0 Å². The number of rotatable bonds is 5. The number of hydrogen-bond acceptors (Lipinski definition) is 5. The lowest BCUT2D eigenvalue weighted by Gasteiger charge is -2.32. The Labute approximate surface area is 144 Å². The van der Waals surface area contributed by atoms with Crippen molar-refractivity contribution in [1.82, 2.24) is 24.4 Å². The van der Waals surface area contributed by atoms with Gasteiger partial charge in [-0.05, 0) is 19.8 Å². The number of nitrogens with zero attached hydrogens (tertiary/aromatic N) is 4. The van der Waals surface area contributed by atoms with Crippen LogP contribution in [0.1, 0.15) is 43.7 Å². The number of aryl methyl sites for hydroxylation is 2. The molecule has 0 spiro atoms. The van der Waals surface area contributed by atoms with E-state index in [4.69, 9.17) is 4.52 Å². The van der Waals surface area contributed by atoms with Gasteiger partial charge in [-0.3, -0.25) is 14.2 Å². The van der Waals surface area contributed by atoms with E-state index in [1.807, 2.05) is 11.8 Å². The predicted molar refractivity (Wildman–Crippen MR) is 89.3 cm³/mol. The number of carbonyl (C=O) groups is 1. The molecule has 0 aromatic carbocycles. The number of nitrogens with one attached hydrogen (secondary N) is 1. The Morgan fingerprint density at radius 3 is 2.92 bits per heavy atom. The Kier molecular flexibility index (Phi) is 4.91. The third-order valence-electron chi connectivity index (χ3n) is 4.65. The summed E-state index contributed by atoms with van der Waals surface area (Å²) in [6.45, 7) is 3.75. The molecule has 3 heterocycles. The molecule has 0 aliphatic carbocycles. The molecule has 2 aromatic rings. The molecule has 1 aliphatic rings. The molecule has 0 bridgehead atoms. The van der Waals surface area contributed by atoms with Gasteiger partial charge in [0, 0.05) is 51.5 Å². The maximum atomic E-state index is 12.5. The number of H-pyrrole nitrogens is 1. The zero-order valence-electron chi connectivity index (χ0n) is 14.5. The molecule has 136 valence electrons. The van der Waals surface area contributed by atoms with Gasteiger partial charge in [0.1, 0.15) is 11.6 Å². The van der Waals surface area contributed by atoms with Gasteiger partial charge in [-0.1, -0.05) is 0 Å². The molecule has 0 radical (unpaired) electrons. The minimum Gasteiger partial charge on any atom is -0.384 e.